The Morgan fingerprint density at radius 2 is 1.55 bits per heavy atom. The minimum absolute atomic E-state index is 0. The maximum absolute atomic E-state index is 10.6. The van der Waals surface area contributed by atoms with E-state index in [4.69, 9.17) is 9.05 Å². The highest BCUT2D eigenvalue weighted by molar-refractivity contribution is 7.98. The van der Waals surface area contributed by atoms with E-state index in [0.29, 0.717) is 11.9 Å². The predicted molar refractivity (Wildman–Crippen MR) is 53.3 cm³/mol. The highest BCUT2D eigenvalue weighted by Gasteiger charge is 2.18. The first-order chi connectivity index (χ1) is 4.81. The van der Waals surface area contributed by atoms with Crippen LogP contribution >= 0.6 is 31.8 Å². The van der Waals surface area contributed by atoms with E-state index in [2.05, 4.69) is 0 Å². The van der Waals surface area contributed by atoms with Crippen molar-refractivity contribution < 1.29 is 13.6 Å². The lowest BCUT2D eigenvalue weighted by Crippen LogP contribution is -1.83. The van der Waals surface area contributed by atoms with Gasteiger partial charge in [-0.2, -0.15) is 0 Å². The normalized spacial score (nSPS) is 8.91. The molecule has 0 aromatic rings. The van der Waals surface area contributed by atoms with Gasteiger partial charge in [0.2, 0.25) is 0 Å². The molecule has 0 unspecified atom stereocenters. The quantitative estimate of drug-likeness (QED) is 0.505. The fourth-order valence-corrected chi connectivity index (χ4v) is 1.84. The van der Waals surface area contributed by atoms with Crippen LogP contribution in [0.4, 0.5) is 0 Å². The molecule has 0 heterocycles. The Hall–Kier alpha value is 0.720. The minimum atomic E-state index is -1.88. The zero-order valence-corrected chi connectivity index (χ0v) is 8.43. The van der Waals surface area contributed by atoms with E-state index in [9.17, 15) is 4.57 Å². The van der Waals surface area contributed by atoms with Gasteiger partial charge in [0.05, 0.1) is 0 Å². The molecule has 0 bridgehead atoms. The summed E-state index contributed by atoms with van der Waals surface area (Å²) < 4.78 is 20.1. The molecule has 0 N–H and O–H groups in total. The van der Waals surface area contributed by atoms with E-state index in [1.807, 2.05) is 12.5 Å². The number of hydrogen-bond acceptors (Lipinski definition) is 5. The van der Waals surface area contributed by atoms with E-state index in [0.717, 1.165) is 0 Å². The lowest BCUT2D eigenvalue weighted by atomic mass is 11.7. The number of hydrogen-bond donors (Lipinski definition) is 0. The minimum Gasteiger partial charge on any atom is -0.132 e. The van der Waals surface area contributed by atoms with Gasteiger partial charge >= 0.3 is 8.25 Å². The largest absolute Gasteiger partial charge is 0.699 e. The SMILES string of the molecule is C.CSCO[P+](=O)OCSC. The van der Waals surface area contributed by atoms with Crippen molar-refractivity contribution in [2.45, 2.75) is 7.43 Å². The van der Waals surface area contributed by atoms with Gasteiger partial charge < -0.3 is 0 Å². The summed E-state index contributed by atoms with van der Waals surface area (Å²) >= 11 is 2.94. The molecule has 11 heavy (non-hydrogen) atoms. The van der Waals surface area contributed by atoms with Crippen LogP contribution in [-0.4, -0.2) is 24.4 Å². The van der Waals surface area contributed by atoms with Crippen molar-refractivity contribution in [3.05, 3.63) is 0 Å². The molecule has 0 spiro atoms. The zero-order valence-electron chi connectivity index (χ0n) is 5.90. The molecule has 0 aromatic carbocycles. The summed E-state index contributed by atoms with van der Waals surface area (Å²) in [5, 5.41) is 0. The fraction of sp³-hybridized carbons (Fsp3) is 1.00. The number of rotatable bonds is 6. The van der Waals surface area contributed by atoms with E-state index in [1.165, 1.54) is 23.5 Å². The Labute approximate surface area is 77.6 Å². The van der Waals surface area contributed by atoms with Crippen LogP contribution in [0, 0.1) is 0 Å². The predicted octanol–water partition coefficient (Wildman–Crippen LogP) is 2.95. The Balaban J connectivity index is 0. The van der Waals surface area contributed by atoms with Crippen LogP contribution < -0.4 is 0 Å². The molecule has 0 aliphatic carbocycles. The number of thioether (sulfide) groups is 2. The van der Waals surface area contributed by atoms with Gasteiger partial charge in [-0.1, -0.05) is 7.43 Å². The first-order valence-electron chi connectivity index (χ1n) is 2.52. The van der Waals surface area contributed by atoms with Crippen LogP contribution in [0.25, 0.3) is 0 Å². The van der Waals surface area contributed by atoms with E-state index in [1.54, 1.807) is 0 Å². The molecule has 6 heteroatoms. The average Bonchev–Trinajstić information content (AvgIpc) is 1.97. The van der Waals surface area contributed by atoms with Crippen molar-refractivity contribution in [1.29, 1.82) is 0 Å². The van der Waals surface area contributed by atoms with Crippen molar-refractivity contribution in [2.24, 2.45) is 0 Å². The van der Waals surface area contributed by atoms with E-state index < -0.39 is 8.25 Å². The average molecular weight is 217 g/mol. The molecule has 0 atom stereocenters. The van der Waals surface area contributed by atoms with Gasteiger partial charge in [0.25, 0.3) is 0 Å². The van der Waals surface area contributed by atoms with Gasteiger partial charge in [-0.15, -0.1) is 32.6 Å². The smallest absolute Gasteiger partial charge is 0.132 e. The molecule has 0 rings (SSSR count). The van der Waals surface area contributed by atoms with Crippen LogP contribution in [0.15, 0.2) is 0 Å². The molecule has 0 aromatic heterocycles. The molecule has 0 fully saturated rings. The Morgan fingerprint density at radius 1 is 1.18 bits per heavy atom. The molecule has 3 nitrogen and oxygen atoms in total. The molecular weight excluding hydrogens is 203 g/mol. The molecule has 0 aliphatic rings. The molecule has 0 saturated heterocycles. The first-order valence-corrected chi connectivity index (χ1v) is 6.40. The van der Waals surface area contributed by atoms with Gasteiger partial charge in [0.1, 0.15) is 0 Å². The monoisotopic (exact) mass is 217 g/mol. The van der Waals surface area contributed by atoms with Crippen molar-refractivity contribution in [3.63, 3.8) is 0 Å². The molecule has 0 amide bonds. The molecule has 68 valence electrons. The van der Waals surface area contributed by atoms with Crippen LogP contribution in [0.3, 0.4) is 0 Å². The second-order valence-electron chi connectivity index (χ2n) is 1.29. The summed E-state index contributed by atoms with van der Waals surface area (Å²) in [5.74, 6) is 0.840. The van der Waals surface area contributed by atoms with Crippen LogP contribution in [-0.2, 0) is 13.6 Å². The second-order valence-corrected chi connectivity index (χ2v) is 3.88. The first kappa shape index (κ1) is 14.3. The lowest BCUT2D eigenvalue weighted by Gasteiger charge is -1.85. The third kappa shape index (κ3) is 10.7. The third-order valence-electron chi connectivity index (χ3n) is 0.552. The Bertz CT molecular complexity index is 91.7. The Kier molecular flexibility index (Phi) is 13.9. The van der Waals surface area contributed by atoms with Gasteiger partial charge in [-0.05, 0) is 12.5 Å². The van der Waals surface area contributed by atoms with Crippen LogP contribution in [0.1, 0.15) is 7.43 Å². The Morgan fingerprint density at radius 3 is 1.82 bits per heavy atom. The topological polar surface area (TPSA) is 35.5 Å². The van der Waals surface area contributed by atoms with Crippen molar-refractivity contribution in [2.75, 3.05) is 24.4 Å². The van der Waals surface area contributed by atoms with Gasteiger partial charge in [0, 0.05) is 4.57 Å². The van der Waals surface area contributed by atoms with Crippen LogP contribution in [0.5, 0.6) is 0 Å². The molecule has 0 aliphatic heterocycles. The van der Waals surface area contributed by atoms with Crippen molar-refractivity contribution >= 4 is 31.8 Å². The molecule has 0 saturated carbocycles. The lowest BCUT2D eigenvalue weighted by molar-refractivity contribution is 0.285. The summed E-state index contributed by atoms with van der Waals surface area (Å²) in [6.07, 6.45) is 3.75. The zero-order chi connectivity index (χ0) is 7.82. The maximum Gasteiger partial charge on any atom is 0.699 e. The van der Waals surface area contributed by atoms with Gasteiger partial charge in [-0.3, -0.25) is 0 Å². The highest BCUT2D eigenvalue weighted by atomic mass is 32.2. The summed E-state index contributed by atoms with van der Waals surface area (Å²) in [6, 6.07) is 0. The van der Waals surface area contributed by atoms with E-state index in [-0.39, 0.29) is 7.43 Å². The van der Waals surface area contributed by atoms with Crippen molar-refractivity contribution in [3.8, 4) is 0 Å². The summed E-state index contributed by atoms with van der Waals surface area (Å²) in [4.78, 5) is 0. The highest BCUT2D eigenvalue weighted by Crippen LogP contribution is 2.25. The van der Waals surface area contributed by atoms with Crippen molar-refractivity contribution in [1.82, 2.24) is 0 Å². The van der Waals surface area contributed by atoms with Crippen LogP contribution in [0.2, 0.25) is 0 Å². The summed E-state index contributed by atoms with van der Waals surface area (Å²) in [6.45, 7) is 0. The summed E-state index contributed by atoms with van der Waals surface area (Å²) in [7, 11) is -1.88. The van der Waals surface area contributed by atoms with Gasteiger partial charge in [-0.25, -0.2) is 0 Å². The standard InChI is InChI=1S/C4H10O3PS2.CH4/c1-9-3-6-8(5)7-4-10-2;/h3-4H2,1-2H3;1H4/q+1;. The molecular formula is C5H14O3PS2+. The fourth-order valence-electron chi connectivity index (χ4n) is 0.229. The summed E-state index contributed by atoms with van der Waals surface area (Å²) in [5.41, 5.74) is 0. The van der Waals surface area contributed by atoms with Gasteiger partial charge in [0.15, 0.2) is 11.9 Å². The molecule has 0 radical (unpaired) electrons. The maximum atomic E-state index is 10.6. The van der Waals surface area contributed by atoms with E-state index >= 15 is 0 Å². The third-order valence-corrected chi connectivity index (χ3v) is 2.29. The second kappa shape index (κ2) is 10.7.